The van der Waals surface area contributed by atoms with E-state index >= 15 is 0 Å². The number of rotatable bonds is 4. The van der Waals surface area contributed by atoms with Gasteiger partial charge in [0.1, 0.15) is 0 Å². The molecule has 0 aliphatic heterocycles. The molecule has 0 saturated heterocycles. The SMILES string of the molecule is CC1CCC(N(C)C(=O)CC(N)c2ccccc2)CC1.Cl. The smallest absolute Gasteiger partial charge is 0.224 e. The summed E-state index contributed by atoms with van der Waals surface area (Å²) in [4.78, 5) is 14.3. The molecule has 1 unspecified atom stereocenters. The van der Waals surface area contributed by atoms with Crippen LogP contribution in [-0.2, 0) is 4.79 Å². The van der Waals surface area contributed by atoms with Crippen molar-refractivity contribution < 1.29 is 4.79 Å². The Hall–Kier alpha value is -1.06. The lowest BCUT2D eigenvalue weighted by atomic mass is 9.86. The lowest BCUT2D eigenvalue weighted by Crippen LogP contribution is -2.40. The average molecular weight is 311 g/mol. The number of carbonyl (C=O) groups excluding carboxylic acids is 1. The van der Waals surface area contributed by atoms with E-state index in [1.54, 1.807) is 0 Å². The Morgan fingerprint density at radius 1 is 1.24 bits per heavy atom. The first-order valence-corrected chi connectivity index (χ1v) is 7.64. The highest BCUT2D eigenvalue weighted by atomic mass is 35.5. The van der Waals surface area contributed by atoms with E-state index in [0.29, 0.717) is 12.5 Å². The number of halogens is 1. The molecule has 1 saturated carbocycles. The number of carbonyl (C=O) groups is 1. The number of amides is 1. The maximum absolute atomic E-state index is 12.4. The van der Waals surface area contributed by atoms with E-state index in [1.807, 2.05) is 42.3 Å². The number of nitrogens with two attached hydrogens (primary N) is 1. The summed E-state index contributed by atoms with van der Waals surface area (Å²) in [6, 6.07) is 10.1. The van der Waals surface area contributed by atoms with E-state index in [1.165, 1.54) is 12.8 Å². The molecule has 0 aromatic heterocycles. The lowest BCUT2D eigenvalue weighted by Gasteiger charge is -2.34. The van der Waals surface area contributed by atoms with Gasteiger partial charge >= 0.3 is 0 Å². The third-order valence-electron chi connectivity index (χ3n) is 4.55. The molecule has 0 heterocycles. The van der Waals surface area contributed by atoms with Crippen molar-refractivity contribution in [3.63, 3.8) is 0 Å². The van der Waals surface area contributed by atoms with Gasteiger partial charge in [0, 0.05) is 25.6 Å². The maximum Gasteiger partial charge on any atom is 0.224 e. The second kappa shape index (κ2) is 8.40. The summed E-state index contributed by atoms with van der Waals surface area (Å²) in [6.07, 6.45) is 5.11. The molecule has 3 nitrogen and oxygen atoms in total. The predicted molar refractivity (Wildman–Crippen MR) is 89.4 cm³/mol. The van der Waals surface area contributed by atoms with Crippen molar-refractivity contribution in [3.05, 3.63) is 35.9 Å². The minimum Gasteiger partial charge on any atom is -0.343 e. The summed E-state index contributed by atoms with van der Waals surface area (Å²) in [6.45, 7) is 2.29. The summed E-state index contributed by atoms with van der Waals surface area (Å²) >= 11 is 0. The quantitative estimate of drug-likeness (QED) is 0.924. The van der Waals surface area contributed by atoms with Gasteiger partial charge in [-0.3, -0.25) is 4.79 Å². The van der Waals surface area contributed by atoms with Crippen molar-refractivity contribution in [2.75, 3.05) is 7.05 Å². The van der Waals surface area contributed by atoms with Crippen molar-refractivity contribution in [1.82, 2.24) is 4.90 Å². The molecule has 1 aromatic rings. The van der Waals surface area contributed by atoms with E-state index in [0.717, 1.165) is 24.3 Å². The fourth-order valence-corrected chi connectivity index (χ4v) is 2.98. The molecule has 1 aliphatic rings. The standard InChI is InChI=1S/C17H26N2O.ClH/c1-13-8-10-15(11-9-13)19(2)17(20)12-16(18)14-6-4-3-5-7-14;/h3-7,13,15-16H,8-12,18H2,1-2H3;1H. The number of benzene rings is 1. The molecular weight excluding hydrogens is 284 g/mol. The van der Waals surface area contributed by atoms with Gasteiger partial charge in [0.05, 0.1) is 0 Å². The van der Waals surface area contributed by atoms with Crippen molar-refractivity contribution in [2.24, 2.45) is 11.7 Å². The molecule has 1 aliphatic carbocycles. The Morgan fingerprint density at radius 3 is 2.38 bits per heavy atom. The van der Waals surface area contributed by atoms with Crippen LogP contribution < -0.4 is 5.73 Å². The van der Waals surface area contributed by atoms with Crippen LogP contribution >= 0.6 is 12.4 Å². The average Bonchev–Trinajstić information content (AvgIpc) is 2.48. The Balaban J connectivity index is 0.00000220. The third kappa shape index (κ3) is 5.01. The second-order valence-electron chi connectivity index (χ2n) is 6.14. The van der Waals surface area contributed by atoms with Gasteiger partial charge in [0.15, 0.2) is 0 Å². The lowest BCUT2D eigenvalue weighted by molar-refractivity contribution is -0.133. The second-order valence-corrected chi connectivity index (χ2v) is 6.14. The van der Waals surface area contributed by atoms with Crippen molar-refractivity contribution in [1.29, 1.82) is 0 Å². The molecule has 2 N–H and O–H groups in total. The molecule has 4 heteroatoms. The first-order valence-electron chi connectivity index (χ1n) is 7.64. The molecule has 1 atom stereocenters. The van der Waals surface area contributed by atoms with E-state index in [9.17, 15) is 4.79 Å². The van der Waals surface area contributed by atoms with Gasteiger partial charge in [-0.1, -0.05) is 37.3 Å². The third-order valence-corrected chi connectivity index (χ3v) is 4.55. The summed E-state index contributed by atoms with van der Waals surface area (Å²) in [5, 5.41) is 0. The van der Waals surface area contributed by atoms with Crippen LogP contribution in [0.3, 0.4) is 0 Å². The van der Waals surface area contributed by atoms with Gasteiger partial charge in [-0.05, 0) is 37.2 Å². The van der Waals surface area contributed by atoms with Gasteiger partial charge in [-0.2, -0.15) is 0 Å². The van der Waals surface area contributed by atoms with E-state index in [2.05, 4.69) is 6.92 Å². The van der Waals surface area contributed by atoms with Crippen LogP contribution in [0.2, 0.25) is 0 Å². The Morgan fingerprint density at radius 2 is 1.81 bits per heavy atom. The molecule has 1 aromatic carbocycles. The highest BCUT2D eigenvalue weighted by Crippen LogP contribution is 2.27. The van der Waals surface area contributed by atoms with Crippen LogP contribution in [0, 0.1) is 5.92 Å². The van der Waals surface area contributed by atoms with Gasteiger partial charge in [0.2, 0.25) is 5.91 Å². The van der Waals surface area contributed by atoms with Crippen LogP contribution in [0.15, 0.2) is 30.3 Å². The Bertz CT molecular complexity index is 430. The van der Waals surface area contributed by atoms with Gasteiger partial charge in [0.25, 0.3) is 0 Å². The maximum atomic E-state index is 12.4. The normalized spacial score (nSPS) is 23.0. The predicted octanol–water partition coefficient (Wildman–Crippen LogP) is 3.54. The summed E-state index contributed by atoms with van der Waals surface area (Å²) < 4.78 is 0. The molecule has 1 fully saturated rings. The fraction of sp³-hybridized carbons (Fsp3) is 0.588. The molecule has 0 spiro atoms. The Kier molecular flexibility index (Phi) is 7.20. The Labute approximate surface area is 134 Å². The zero-order valence-electron chi connectivity index (χ0n) is 13.0. The number of hydrogen-bond donors (Lipinski definition) is 1. The highest BCUT2D eigenvalue weighted by Gasteiger charge is 2.25. The molecule has 1 amide bonds. The fourth-order valence-electron chi connectivity index (χ4n) is 2.98. The van der Waals surface area contributed by atoms with Crippen LogP contribution in [0.4, 0.5) is 0 Å². The zero-order chi connectivity index (χ0) is 14.5. The van der Waals surface area contributed by atoms with Crippen LogP contribution in [-0.4, -0.2) is 23.9 Å². The van der Waals surface area contributed by atoms with Crippen LogP contribution in [0.1, 0.15) is 50.6 Å². The first-order chi connectivity index (χ1) is 9.58. The zero-order valence-corrected chi connectivity index (χ0v) is 13.8. The van der Waals surface area contributed by atoms with Crippen LogP contribution in [0.25, 0.3) is 0 Å². The van der Waals surface area contributed by atoms with Gasteiger partial charge in [-0.25, -0.2) is 0 Å². The molecule has 0 bridgehead atoms. The largest absolute Gasteiger partial charge is 0.343 e. The van der Waals surface area contributed by atoms with E-state index in [4.69, 9.17) is 5.73 Å². The molecular formula is C17H27ClN2O. The number of hydrogen-bond acceptors (Lipinski definition) is 2. The highest BCUT2D eigenvalue weighted by molar-refractivity contribution is 5.85. The topological polar surface area (TPSA) is 46.3 Å². The van der Waals surface area contributed by atoms with Gasteiger partial charge in [-0.15, -0.1) is 12.4 Å². The monoisotopic (exact) mass is 310 g/mol. The molecule has 118 valence electrons. The minimum atomic E-state index is -0.200. The first kappa shape index (κ1) is 18.0. The van der Waals surface area contributed by atoms with Crippen LogP contribution in [0.5, 0.6) is 0 Å². The molecule has 0 radical (unpaired) electrons. The minimum absolute atomic E-state index is 0. The van der Waals surface area contributed by atoms with E-state index in [-0.39, 0.29) is 24.4 Å². The summed E-state index contributed by atoms with van der Waals surface area (Å²) in [7, 11) is 1.93. The van der Waals surface area contributed by atoms with Crippen molar-refractivity contribution >= 4 is 18.3 Å². The van der Waals surface area contributed by atoms with E-state index < -0.39 is 0 Å². The number of nitrogens with zero attached hydrogens (tertiary/aromatic N) is 1. The summed E-state index contributed by atoms with van der Waals surface area (Å²) in [5.41, 5.74) is 7.17. The molecule has 2 rings (SSSR count). The van der Waals surface area contributed by atoms with Crippen molar-refractivity contribution in [3.8, 4) is 0 Å². The summed E-state index contributed by atoms with van der Waals surface area (Å²) in [5.74, 6) is 0.974. The molecule has 21 heavy (non-hydrogen) atoms. The van der Waals surface area contributed by atoms with Crippen molar-refractivity contribution in [2.45, 2.75) is 51.1 Å². The van der Waals surface area contributed by atoms with Gasteiger partial charge < -0.3 is 10.6 Å².